The highest BCUT2D eigenvalue weighted by Gasteiger charge is 2.42. The van der Waals surface area contributed by atoms with E-state index in [1.807, 2.05) is 12.3 Å². The molecule has 0 aliphatic heterocycles. The molecule has 0 aliphatic carbocycles. The summed E-state index contributed by atoms with van der Waals surface area (Å²) in [4.78, 5) is 4.72. The molecule has 34 heavy (non-hydrogen) atoms. The number of pyridine rings is 2. The van der Waals surface area contributed by atoms with E-state index < -0.39 is 0 Å². The number of benzene rings is 2. The quantitative estimate of drug-likeness (QED) is 0.191. The van der Waals surface area contributed by atoms with Crippen molar-refractivity contribution in [1.82, 2.24) is 4.98 Å². The van der Waals surface area contributed by atoms with E-state index in [-0.39, 0.29) is 5.41 Å². The van der Waals surface area contributed by atoms with E-state index >= 15 is 0 Å². The highest BCUT2D eigenvalue weighted by atomic mass is 15.0. The Hall–Kier alpha value is -3.52. The van der Waals surface area contributed by atoms with Crippen LogP contribution in [0.2, 0.25) is 0 Å². The first-order chi connectivity index (χ1) is 16.6. The van der Waals surface area contributed by atoms with Crippen molar-refractivity contribution in [2.45, 2.75) is 45.6 Å². The first-order valence-electron chi connectivity index (χ1n) is 12.3. The molecule has 0 spiro atoms. The number of nitrogens with zero attached hydrogens (tertiary/aromatic N) is 2. The van der Waals surface area contributed by atoms with Crippen LogP contribution < -0.4 is 4.57 Å². The van der Waals surface area contributed by atoms with E-state index in [2.05, 4.69) is 123 Å². The SMILES string of the molecule is C=CC(CC)C(CC)(C[n+]1ccccc1-c1ccccc1C)c1ccccc1-c1ccccn1. The summed E-state index contributed by atoms with van der Waals surface area (Å²) in [5, 5.41) is 0. The predicted octanol–water partition coefficient (Wildman–Crippen LogP) is 7.57. The number of hydrogen-bond donors (Lipinski definition) is 0. The van der Waals surface area contributed by atoms with Crippen LogP contribution in [-0.2, 0) is 12.0 Å². The fourth-order valence-electron chi connectivity index (χ4n) is 5.44. The summed E-state index contributed by atoms with van der Waals surface area (Å²) in [6, 6.07) is 30.1. The van der Waals surface area contributed by atoms with Gasteiger partial charge in [0.2, 0.25) is 5.69 Å². The summed E-state index contributed by atoms with van der Waals surface area (Å²) in [5.74, 6) is 0.319. The number of allylic oxidation sites excluding steroid dienone is 1. The molecule has 2 atom stereocenters. The van der Waals surface area contributed by atoms with E-state index in [4.69, 9.17) is 4.98 Å². The number of aryl methyl sites for hydroxylation is 1. The van der Waals surface area contributed by atoms with Gasteiger partial charge in [0, 0.05) is 29.5 Å². The Morgan fingerprint density at radius 2 is 1.59 bits per heavy atom. The van der Waals surface area contributed by atoms with E-state index in [9.17, 15) is 0 Å². The Balaban J connectivity index is 1.93. The minimum Gasteiger partial charge on any atom is -0.256 e. The molecule has 2 unspecified atom stereocenters. The third-order valence-electron chi connectivity index (χ3n) is 7.28. The summed E-state index contributed by atoms with van der Waals surface area (Å²) in [6.07, 6.45) is 8.30. The molecule has 172 valence electrons. The molecule has 0 saturated carbocycles. The van der Waals surface area contributed by atoms with Crippen molar-refractivity contribution in [2.24, 2.45) is 5.92 Å². The normalized spacial score (nSPS) is 13.7. The molecule has 0 aliphatic rings. The van der Waals surface area contributed by atoms with Gasteiger partial charge in [-0.05, 0) is 61.1 Å². The van der Waals surface area contributed by atoms with Crippen molar-refractivity contribution in [1.29, 1.82) is 0 Å². The molecule has 0 saturated heterocycles. The second-order valence-electron chi connectivity index (χ2n) is 9.05. The summed E-state index contributed by atoms with van der Waals surface area (Å²) < 4.78 is 2.44. The second kappa shape index (κ2) is 10.6. The lowest BCUT2D eigenvalue weighted by molar-refractivity contribution is -0.696. The van der Waals surface area contributed by atoms with E-state index in [0.29, 0.717) is 5.92 Å². The Morgan fingerprint density at radius 1 is 0.882 bits per heavy atom. The number of aromatic nitrogens is 2. The average Bonchev–Trinajstić information content (AvgIpc) is 2.90. The monoisotopic (exact) mass is 447 g/mol. The summed E-state index contributed by atoms with van der Waals surface area (Å²) in [5.41, 5.74) is 7.24. The van der Waals surface area contributed by atoms with Gasteiger partial charge < -0.3 is 0 Å². The smallest absolute Gasteiger partial charge is 0.212 e. The van der Waals surface area contributed by atoms with Gasteiger partial charge in [0.25, 0.3) is 0 Å². The fourth-order valence-corrected chi connectivity index (χ4v) is 5.44. The molecule has 0 amide bonds. The van der Waals surface area contributed by atoms with Gasteiger partial charge in [0.05, 0.1) is 11.1 Å². The Kier molecular flexibility index (Phi) is 7.37. The molecule has 4 aromatic rings. The summed E-state index contributed by atoms with van der Waals surface area (Å²) in [6.45, 7) is 11.9. The molecule has 4 rings (SSSR count). The first-order valence-corrected chi connectivity index (χ1v) is 12.3. The van der Waals surface area contributed by atoms with Gasteiger partial charge in [0.15, 0.2) is 12.7 Å². The van der Waals surface area contributed by atoms with Gasteiger partial charge in [-0.1, -0.05) is 68.5 Å². The summed E-state index contributed by atoms with van der Waals surface area (Å²) >= 11 is 0. The van der Waals surface area contributed by atoms with Gasteiger partial charge in [-0.3, -0.25) is 4.98 Å². The fraction of sp³-hybridized carbons (Fsp3) is 0.250. The molecule has 2 aromatic heterocycles. The second-order valence-corrected chi connectivity index (χ2v) is 9.05. The minimum absolute atomic E-state index is 0.131. The van der Waals surface area contributed by atoms with Crippen molar-refractivity contribution in [3.05, 3.63) is 121 Å². The summed E-state index contributed by atoms with van der Waals surface area (Å²) in [7, 11) is 0. The van der Waals surface area contributed by atoms with Crippen LogP contribution >= 0.6 is 0 Å². The number of rotatable bonds is 9. The Morgan fingerprint density at radius 3 is 2.26 bits per heavy atom. The highest BCUT2D eigenvalue weighted by molar-refractivity contribution is 5.66. The lowest BCUT2D eigenvalue weighted by Crippen LogP contribution is -2.50. The van der Waals surface area contributed by atoms with Crippen molar-refractivity contribution in [3.63, 3.8) is 0 Å². The molecule has 2 heterocycles. The first kappa shape index (κ1) is 23.6. The van der Waals surface area contributed by atoms with Gasteiger partial charge >= 0.3 is 0 Å². The maximum absolute atomic E-state index is 4.72. The van der Waals surface area contributed by atoms with E-state index in [0.717, 1.165) is 25.1 Å². The maximum Gasteiger partial charge on any atom is 0.212 e. The van der Waals surface area contributed by atoms with Crippen LogP contribution in [0, 0.1) is 12.8 Å². The van der Waals surface area contributed by atoms with Crippen LogP contribution in [0.15, 0.2) is 110 Å². The maximum atomic E-state index is 4.72. The molecule has 0 radical (unpaired) electrons. The topological polar surface area (TPSA) is 16.8 Å². The third-order valence-corrected chi connectivity index (χ3v) is 7.28. The molecule has 2 aromatic carbocycles. The third kappa shape index (κ3) is 4.46. The Labute approximate surface area is 204 Å². The molecule has 0 N–H and O–H groups in total. The zero-order valence-corrected chi connectivity index (χ0v) is 20.6. The van der Waals surface area contributed by atoms with E-state index in [1.165, 1.54) is 27.9 Å². The van der Waals surface area contributed by atoms with Crippen LogP contribution in [0.1, 0.15) is 37.8 Å². The largest absolute Gasteiger partial charge is 0.256 e. The Bertz CT molecular complexity index is 1240. The average molecular weight is 448 g/mol. The lowest BCUT2D eigenvalue weighted by atomic mass is 9.65. The standard InChI is InChI=1S/C32H35N2/c1-5-26(6-2)32(7-3,29-19-11-10-18-28(29)30-20-12-14-22-33-30)24-34-23-15-13-21-31(34)27-17-9-8-16-25(27)4/h5,8-23,26H,1,6-7,24H2,2-4H3/q+1. The molecule has 2 heteroatoms. The van der Waals surface area contributed by atoms with Gasteiger partial charge in [0.1, 0.15) is 0 Å². The highest BCUT2D eigenvalue weighted by Crippen LogP contribution is 2.43. The van der Waals surface area contributed by atoms with Crippen LogP contribution in [0.3, 0.4) is 0 Å². The minimum atomic E-state index is -0.131. The molecular formula is C32H35N2+. The molecule has 2 nitrogen and oxygen atoms in total. The predicted molar refractivity (Wildman–Crippen MR) is 142 cm³/mol. The van der Waals surface area contributed by atoms with E-state index in [1.54, 1.807) is 0 Å². The molecular weight excluding hydrogens is 412 g/mol. The lowest BCUT2D eigenvalue weighted by Gasteiger charge is -2.38. The van der Waals surface area contributed by atoms with Crippen molar-refractivity contribution < 1.29 is 4.57 Å². The van der Waals surface area contributed by atoms with Crippen LogP contribution in [0.25, 0.3) is 22.5 Å². The molecule has 0 bridgehead atoms. The number of hydrogen-bond acceptors (Lipinski definition) is 1. The van der Waals surface area contributed by atoms with Gasteiger partial charge in [-0.2, -0.15) is 4.57 Å². The van der Waals surface area contributed by atoms with Gasteiger partial charge in [-0.15, -0.1) is 6.58 Å². The molecule has 0 fully saturated rings. The zero-order chi connectivity index (χ0) is 24.0. The van der Waals surface area contributed by atoms with Crippen LogP contribution in [0.5, 0.6) is 0 Å². The zero-order valence-electron chi connectivity index (χ0n) is 20.6. The van der Waals surface area contributed by atoms with Gasteiger partial charge in [-0.25, -0.2) is 0 Å². The van der Waals surface area contributed by atoms with Crippen molar-refractivity contribution in [3.8, 4) is 22.5 Å². The van der Waals surface area contributed by atoms with Crippen molar-refractivity contribution in [2.75, 3.05) is 0 Å². The van der Waals surface area contributed by atoms with Crippen LogP contribution in [-0.4, -0.2) is 4.98 Å². The van der Waals surface area contributed by atoms with Crippen LogP contribution in [0.4, 0.5) is 0 Å². The van der Waals surface area contributed by atoms with Crippen molar-refractivity contribution >= 4 is 0 Å².